The lowest BCUT2D eigenvalue weighted by Gasteiger charge is -2.22. The predicted octanol–water partition coefficient (Wildman–Crippen LogP) is 3.16. The molecule has 1 aliphatic heterocycles. The summed E-state index contributed by atoms with van der Waals surface area (Å²) in [6, 6.07) is 12.2. The summed E-state index contributed by atoms with van der Waals surface area (Å²) in [5.74, 6) is 1.12. The monoisotopic (exact) mass is 431 g/mol. The van der Waals surface area contributed by atoms with Gasteiger partial charge in [-0.15, -0.1) is 0 Å². The number of hydrogen-bond donors (Lipinski definition) is 1. The summed E-state index contributed by atoms with van der Waals surface area (Å²) < 4.78 is 35.9. The van der Waals surface area contributed by atoms with Crippen molar-refractivity contribution in [3.8, 4) is 11.5 Å². The molecule has 1 amide bonds. The second-order valence-electron chi connectivity index (χ2n) is 6.92. The third-order valence-corrected chi connectivity index (χ3v) is 5.39. The Bertz CT molecular complexity index is 1060. The molecule has 2 aromatic carbocycles. The highest BCUT2D eigenvalue weighted by atomic mass is 32.2. The predicted molar refractivity (Wildman–Crippen MR) is 115 cm³/mol. The Morgan fingerprint density at radius 1 is 1.13 bits per heavy atom. The summed E-state index contributed by atoms with van der Waals surface area (Å²) in [5.41, 5.74) is 2.94. The number of amides is 1. The second kappa shape index (κ2) is 8.74. The van der Waals surface area contributed by atoms with Crippen molar-refractivity contribution >= 4 is 27.3 Å². The van der Waals surface area contributed by atoms with Crippen LogP contribution in [0.4, 0.5) is 5.69 Å². The number of benzene rings is 2. The Morgan fingerprint density at radius 2 is 1.80 bits per heavy atom. The molecule has 0 spiro atoms. The van der Waals surface area contributed by atoms with Crippen molar-refractivity contribution in [3.63, 3.8) is 0 Å². The van der Waals surface area contributed by atoms with Crippen molar-refractivity contribution < 1.29 is 22.7 Å². The van der Waals surface area contributed by atoms with Gasteiger partial charge >= 0.3 is 0 Å². The standard InChI is InChI=1S/C21H25N3O5S/c1-5-21(25)24-18(15-8-11-19(28-2)20(12-15)29-3)13-17(22-24)14-6-9-16(10-7-14)23-30(4,26)27/h6-12,18,23H,5,13H2,1-4H3/t18-/m0/s1. The van der Waals surface area contributed by atoms with Gasteiger partial charge in [-0.05, 0) is 35.4 Å². The van der Waals surface area contributed by atoms with Gasteiger partial charge < -0.3 is 9.47 Å². The molecule has 1 atom stereocenters. The maximum atomic E-state index is 12.5. The molecule has 1 heterocycles. The largest absolute Gasteiger partial charge is 0.493 e. The maximum absolute atomic E-state index is 12.5. The summed E-state index contributed by atoms with van der Waals surface area (Å²) in [5, 5.41) is 6.09. The number of carbonyl (C=O) groups excluding carboxylic acids is 1. The number of rotatable bonds is 7. The average molecular weight is 432 g/mol. The molecular weight excluding hydrogens is 406 g/mol. The molecule has 0 aromatic heterocycles. The van der Waals surface area contributed by atoms with E-state index in [9.17, 15) is 13.2 Å². The molecule has 0 saturated carbocycles. The zero-order chi connectivity index (χ0) is 21.9. The number of methoxy groups -OCH3 is 2. The van der Waals surface area contributed by atoms with Crippen LogP contribution < -0.4 is 14.2 Å². The molecule has 0 unspecified atom stereocenters. The zero-order valence-electron chi connectivity index (χ0n) is 17.4. The van der Waals surface area contributed by atoms with E-state index >= 15 is 0 Å². The molecule has 3 rings (SSSR count). The molecule has 2 aromatic rings. The van der Waals surface area contributed by atoms with Crippen molar-refractivity contribution in [1.29, 1.82) is 0 Å². The van der Waals surface area contributed by atoms with Gasteiger partial charge in [0, 0.05) is 18.5 Å². The third-order valence-electron chi connectivity index (χ3n) is 4.78. The van der Waals surface area contributed by atoms with Crippen LogP contribution >= 0.6 is 0 Å². The minimum atomic E-state index is -3.34. The summed E-state index contributed by atoms with van der Waals surface area (Å²) in [4.78, 5) is 12.5. The fourth-order valence-corrected chi connectivity index (χ4v) is 3.91. The fraction of sp³-hybridized carbons (Fsp3) is 0.333. The topological polar surface area (TPSA) is 97.3 Å². The first-order chi connectivity index (χ1) is 14.3. The molecule has 9 heteroatoms. The Labute approximate surface area is 176 Å². The molecule has 8 nitrogen and oxygen atoms in total. The van der Waals surface area contributed by atoms with Gasteiger partial charge in [-0.3, -0.25) is 9.52 Å². The Balaban J connectivity index is 1.91. The van der Waals surface area contributed by atoms with E-state index in [1.165, 1.54) is 5.01 Å². The lowest BCUT2D eigenvalue weighted by Crippen LogP contribution is -2.26. The van der Waals surface area contributed by atoms with Crippen LogP contribution in [0.15, 0.2) is 47.6 Å². The van der Waals surface area contributed by atoms with E-state index in [4.69, 9.17) is 9.47 Å². The molecule has 160 valence electrons. The van der Waals surface area contributed by atoms with Crippen molar-refractivity contribution in [2.75, 3.05) is 25.2 Å². The van der Waals surface area contributed by atoms with Gasteiger partial charge in [0.05, 0.1) is 32.2 Å². The van der Waals surface area contributed by atoms with E-state index < -0.39 is 10.0 Å². The van der Waals surface area contributed by atoms with Crippen molar-refractivity contribution in [2.45, 2.75) is 25.8 Å². The molecule has 0 saturated heterocycles. The number of hydrogen-bond acceptors (Lipinski definition) is 6. The number of nitrogens with zero attached hydrogens (tertiary/aromatic N) is 2. The highest BCUT2D eigenvalue weighted by Gasteiger charge is 2.32. The van der Waals surface area contributed by atoms with Gasteiger partial charge in [-0.2, -0.15) is 5.10 Å². The summed E-state index contributed by atoms with van der Waals surface area (Å²) in [6.07, 6.45) is 1.96. The molecular formula is C21H25N3O5S. The van der Waals surface area contributed by atoms with Crippen molar-refractivity contribution in [2.24, 2.45) is 5.10 Å². The minimum absolute atomic E-state index is 0.0832. The highest BCUT2D eigenvalue weighted by molar-refractivity contribution is 7.92. The molecule has 0 bridgehead atoms. The molecule has 0 fully saturated rings. The summed E-state index contributed by atoms with van der Waals surface area (Å²) in [6.45, 7) is 1.80. The van der Waals surface area contributed by atoms with Crippen LogP contribution in [-0.2, 0) is 14.8 Å². The molecule has 0 radical (unpaired) electrons. The molecule has 30 heavy (non-hydrogen) atoms. The number of carbonyl (C=O) groups is 1. The SMILES string of the molecule is CCC(=O)N1N=C(c2ccc(NS(C)(=O)=O)cc2)C[C@H]1c1ccc(OC)c(OC)c1. The lowest BCUT2D eigenvalue weighted by molar-refractivity contribution is -0.132. The first-order valence-corrected chi connectivity index (χ1v) is 11.3. The highest BCUT2D eigenvalue weighted by Crippen LogP contribution is 2.37. The van der Waals surface area contributed by atoms with Crippen LogP contribution in [0.1, 0.15) is 36.9 Å². The molecule has 1 N–H and O–H groups in total. The van der Waals surface area contributed by atoms with Crippen LogP contribution in [0.2, 0.25) is 0 Å². The lowest BCUT2D eigenvalue weighted by atomic mass is 9.98. The fourth-order valence-electron chi connectivity index (χ4n) is 3.34. The van der Waals surface area contributed by atoms with E-state index in [-0.39, 0.29) is 11.9 Å². The Morgan fingerprint density at radius 3 is 2.37 bits per heavy atom. The first kappa shape index (κ1) is 21.6. The summed E-state index contributed by atoms with van der Waals surface area (Å²) in [7, 11) is -0.203. The summed E-state index contributed by atoms with van der Waals surface area (Å²) >= 11 is 0. The quantitative estimate of drug-likeness (QED) is 0.726. The Hall–Kier alpha value is -3.07. The number of hydrazone groups is 1. The first-order valence-electron chi connectivity index (χ1n) is 9.45. The van der Waals surface area contributed by atoms with Crippen LogP contribution in [0.25, 0.3) is 0 Å². The van der Waals surface area contributed by atoms with Crippen LogP contribution in [-0.4, -0.2) is 45.5 Å². The van der Waals surface area contributed by atoms with Crippen LogP contribution in [0.3, 0.4) is 0 Å². The average Bonchev–Trinajstić information content (AvgIpc) is 3.17. The van der Waals surface area contributed by atoms with E-state index in [0.717, 1.165) is 23.1 Å². The van der Waals surface area contributed by atoms with Crippen LogP contribution in [0, 0.1) is 0 Å². The van der Waals surface area contributed by atoms with Crippen molar-refractivity contribution in [1.82, 2.24) is 5.01 Å². The number of nitrogens with one attached hydrogen (secondary N) is 1. The smallest absolute Gasteiger partial charge is 0.242 e. The Kier molecular flexibility index (Phi) is 6.31. The number of sulfonamides is 1. The van der Waals surface area contributed by atoms with Gasteiger partial charge in [0.15, 0.2) is 11.5 Å². The second-order valence-corrected chi connectivity index (χ2v) is 8.67. The zero-order valence-corrected chi connectivity index (χ0v) is 18.2. The van der Waals surface area contributed by atoms with Crippen molar-refractivity contribution in [3.05, 3.63) is 53.6 Å². The third kappa shape index (κ3) is 4.73. The molecule has 0 aliphatic carbocycles. The van der Waals surface area contributed by atoms with Gasteiger partial charge in [0.2, 0.25) is 15.9 Å². The maximum Gasteiger partial charge on any atom is 0.242 e. The van der Waals surface area contributed by atoms with E-state index in [1.807, 2.05) is 18.2 Å². The molecule has 1 aliphatic rings. The van der Waals surface area contributed by atoms with Gasteiger partial charge in [0.1, 0.15) is 0 Å². The normalized spacial score (nSPS) is 16.2. The van der Waals surface area contributed by atoms with Gasteiger partial charge in [-0.1, -0.05) is 25.1 Å². The van der Waals surface area contributed by atoms with Crippen LogP contribution in [0.5, 0.6) is 11.5 Å². The van der Waals surface area contributed by atoms with E-state index in [1.54, 1.807) is 45.4 Å². The number of anilines is 1. The number of ether oxygens (including phenoxy) is 2. The van der Waals surface area contributed by atoms with Gasteiger partial charge in [-0.25, -0.2) is 13.4 Å². The van der Waals surface area contributed by atoms with E-state index in [2.05, 4.69) is 9.82 Å². The van der Waals surface area contributed by atoms with E-state index in [0.29, 0.717) is 30.0 Å². The van der Waals surface area contributed by atoms with Gasteiger partial charge in [0.25, 0.3) is 0 Å². The minimum Gasteiger partial charge on any atom is -0.493 e.